The number of carboxylic acid groups (broad SMARTS) is 1. The van der Waals surface area contributed by atoms with E-state index in [1.807, 2.05) is 31.1 Å². The van der Waals surface area contributed by atoms with Crippen molar-refractivity contribution in [1.29, 1.82) is 0 Å². The molecule has 0 amide bonds. The monoisotopic (exact) mass is 260 g/mol. The fourth-order valence-electron chi connectivity index (χ4n) is 1.01. The van der Waals surface area contributed by atoms with Gasteiger partial charge in [-0.15, -0.1) is 0 Å². The van der Waals surface area contributed by atoms with Crippen LogP contribution in [-0.4, -0.2) is 25.2 Å². The normalized spacial score (nSPS) is 9.00. The molecule has 0 bridgehead atoms. The van der Waals surface area contributed by atoms with Crippen molar-refractivity contribution >= 4 is 11.7 Å². The molecule has 0 aliphatic rings. The highest BCUT2D eigenvalue weighted by molar-refractivity contribution is 5.64. The second-order valence-corrected chi connectivity index (χ2v) is 3.02. The fourth-order valence-corrected chi connectivity index (χ4v) is 1.01. The first-order valence-corrected chi connectivity index (χ1v) is 3.98. The second kappa shape index (κ2) is 5.59. The van der Waals surface area contributed by atoms with Crippen LogP contribution in [0.2, 0.25) is 0 Å². The van der Waals surface area contributed by atoms with Gasteiger partial charge in [-0.3, -0.25) is 0 Å². The van der Waals surface area contributed by atoms with Crippen molar-refractivity contribution in [3.8, 4) is 0 Å². The first kappa shape index (κ1) is 12.9. The van der Waals surface area contributed by atoms with Gasteiger partial charge in [-0.05, 0) is 0 Å². The second-order valence-electron chi connectivity index (χ2n) is 3.02. The molecule has 0 aliphatic heterocycles. The van der Waals surface area contributed by atoms with Crippen molar-refractivity contribution in [2.75, 3.05) is 19.0 Å². The molecule has 1 rings (SSSR count). The molecule has 14 heavy (non-hydrogen) atoms. The van der Waals surface area contributed by atoms with Crippen molar-refractivity contribution in [1.82, 2.24) is 0 Å². The molecular formula is C9H13BrN2O2. The van der Waals surface area contributed by atoms with Crippen molar-refractivity contribution in [3.05, 3.63) is 24.5 Å². The van der Waals surface area contributed by atoms with E-state index in [1.54, 1.807) is 17.0 Å². The molecule has 4 nitrogen and oxygen atoms in total. The maximum Gasteiger partial charge on any atom is 0.370 e. The van der Waals surface area contributed by atoms with Gasteiger partial charge in [0.15, 0.2) is 12.4 Å². The molecule has 0 radical (unpaired) electrons. The molecule has 0 aromatic carbocycles. The number of carboxylic acids is 1. The van der Waals surface area contributed by atoms with Gasteiger partial charge in [0, 0.05) is 31.9 Å². The number of aromatic nitrogens is 1. The lowest BCUT2D eigenvalue weighted by Gasteiger charge is -2.09. The lowest BCUT2D eigenvalue weighted by molar-refractivity contribution is -0.685. The molecule has 0 fully saturated rings. The van der Waals surface area contributed by atoms with E-state index in [-0.39, 0.29) is 23.5 Å². The van der Waals surface area contributed by atoms with Crippen LogP contribution in [-0.2, 0) is 11.3 Å². The average molecular weight is 261 g/mol. The number of carbonyl (C=O) groups is 1. The molecule has 1 aromatic rings. The van der Waals surface area contributed by atoms with Crippen LogP contribution in [0.4, 0.5) is 5.69 Å². The highest BCUT2D eigenvalue weighted by Crippen LogP contribution is 2.05. The van der Waals surface area contributed by atoms with Crippen LogP contribution in [0.25, 0.3) is 0 Å². The summed E-state index contributed by atoms with van der Waals surface area (Å²) in [5, 5.41) is 8.51. The Kier molecular flexibility index (Phi) is 5.15. The van der Waals surface area contributed by atoms with Crippen molar-refractivity contribution in [2.45, 2.75) is 6.54 Å². The Labute approximate surface area is 93.5 Å². The van der Waals surface area contributed by atoms with E-state index in [4.69, 9.17) is 5.11 Å². The highest BCUT2D eigenvalue weighted by Gasteiger charge is 2.06. The van der Waals surface area contributed by atoms with Crippen LogP contribution in [0.5, 0.6) is 0 Å². The number of hydrogen-bond acceptors (Lipinski definition) is 2. The zero-order valence-corrected chi connectivity index (χ0v) is 9.73. The lowest BCUT2D eigenvalue weighted by Crippen LogP contribution is -3.00. The zero-order chi connectivity index (χ0) is 9.84. The van der Waals surface area contributed by atoms with Gasteiger partial charge in [0.2, 0.25) is 6.54 Å². The Hall–Kier alpha value is -1.10. The molecule has 1 heterocycles. The Morgan fingerprint density at radius 1 is 1.43 bits per heavy atom. The maximum atomic E-state index is 10.4. The highest BCUT2D eigenvalue weighted by atomic mass is 79.9. The van der Waals surface area contributed by atoms with E-state index in [2.05, 4.69) is 0 Å². The summed E-state index contributed by atoms with van der Waals surface area (Å²) in [6, 6.07) is 3.76. The summed E-state index contributed by atoms with van der Waals surface area (Å²) in [7, 11) is 3.88. The third kappa shape index (κ3) is 3.74. The van der Waals surface area contributed by atoms with Gasteiger partial charge < -0.3 is 27.0 Å². The maximum absolute atomic E-state index is 10.4. The first-order chi connectivity index (χ1) is 6.09. The number of pyridine rings is 1. The zero-order valence-electron chi connectivity index (χ0n) is 8.14. The SMILES string of the molecule is CN(C)c1cc[n+](CC(=O)O)cc1.[Br-]. The van der Waals surface area contributed by atoms with E-state index in [9.17, 15) is 4.79 Å². The summed E-state index contributed by atoms with van der Waals surface area (Å²) in [5.74, 6) is -0.831. The van der Waals surface area contributed by atoms with Gasteiger partial charge in [0.25, 0.3) is 0 Å². The van der Waals surface area contributed by atoms with Gasteiger partial charge in [-0.2, -0.15) is 4.57 Å². The van der Waals surface area contributed by atoms with Crippen molar-refractivity contribution in [3.63, 3.8) is 0 Å². The molecule has 1 N–H and O–H groups in total. The van der Waals surface area contributed by atoms with Crippen LogP contribution >= 0.6 is 0 Å². The molecule has 0 spiro atoms. The van der Waals surface area contributed by atoms with Crippen LogP contribution < -0.4 is 26.4 Å². The van der Waals surface area contributed by atoms with E-state index >= 15 is 0 Å². The molecule has 0 saturated carbocycles. The van der Waals surface area contributed by atoms with E-state index in [0.717, 1.165) is 5.69 Å². The molecule has 78 valence electrons. The molecule has 0 atom stereocenters. The quantitative estimate of drug-likeness (QED) is 0.595. The van der Waals surface area contributed by atoms with Gasteiger partial charge >= 0.3 is 5.97 Å². The van der Waals surface area contributed by atoms with E-state index in [0.29, 0.717) is 0 Å². The number of aliphatic carboxylic acids is 1. The predicted molar refractivity (Wildman–Crippen MR) is 48.6 cm³/mol. The fraction of sp³-hybridized carbons (Fsp3) is 0.333. The molecule has 0 unspecified atom stereocenters. The molecule has 0 saturated heterocycles. The van der Waals surface area contributed by atoms with Crippen molar-refractivity contribution < 1.29 is 31.4 Å². The minimum Gasteiger partial charge on any atom is -1.00 e. The van der Waals surface area contributed by atoms with Gasteiger partial charge in [-0.1, -0.05) is 0 Å². The molecule has 0 aliphatic carbocycles. The standard InChI is InChI=1S/C9H12N2O2.BrH/c1-10(2)8-3-5-11(6-4-8)7-9(12)13;/h3-6H,7H2,1-2H3;1H. The van der Waals surface area contributed by atoms with Crippen LogP contribution in [0.3, 0.4) is 0 Å². The Morgan fingerprint density at radius 3 is 2.29 bits per heavy atom. The van der Waals surface area contributed by atoms with E-state index in [1.165, 1.54) is 0 Å². The number of hydrogen-bond donors (Lipinski definition) is 1. The molecule has 1 aromatic heterocycles. The summed E-state index contributed by atoms with van der Waals surface area (Å²) < 4.78 is 1.62. The smallest absolute Gasteiger partial charge is 0.370 e. The minimum absolute atomic E-state index is 0. The van der Waals surface area contributed by atoms with Gasteiger partial charge in [0.05, 0.1) is 0 Å². The molecular weight excluding hydrogens is 248 g/mol. The average Bonchev–Trinajstić information content (AvgIpc) is 2.04. The number of nitrogens with zero attached hydrogens (tertiary/aromatic N) is 2. The molecule has 5 heteroatoms. The third-order valence-electron chi connectivity index (χ3n) is 1.71. The van der Waals surface area contributed by atoms with Crippen molar-refractivity contribution in [2.24, 2.45) is 0 Å². The first-order valence-electron chi connectivity index (χ1n) is 3.98. The number of halogens is 1. The minimum atomic E-state index is -0.831. The topological polar surface area (TPSA) is 44.4 Å². The number of rotatable bonds is 3. The van der Waals surface area contributed by atoms with Crippen LogP contribution in [0, 0.1) is 0 Å². The Balaban J connectivity index is 0.00000169. The van der Waals surface area contributed by atoms with Gasteiger partial charge in [0.1, 0.15) is 0 Å². The summed E-state index contributed by atoms with van der Waals surface area (Å²) >= 11 is 0. The Bertz CT molecular complexity index is 298. The third-order valence-corrected chi connectivity index (χ3v) is 1.71. The van der Waals surface area contributed by atoms with E-state index < -0.39 is 5.97 Å². The predicted octanol–water partition coefficient (Wildman–Crippen LogP) is -2.87. The Morgan fingerprint density at radius 2 is 1.93 bits per heavy atom. The van der Waals surface area contributed by atoms with Crippen LogP contribution in [0.1, 0.15) is 0 Å². The number of anilines is 1. The summed E-state index contributed by atoms with van der Waals surface area (Å²) in [6.07, 6.45) is 3.51. The summed E-state index contributed by atoms with van der Waals surface area (Å²) in [5.41, 5.74) is 1.06. The van der Waals surface area contributed by atoms with Crippen LogP contribution in [0.15, 0.2) is 24.5 Å². The summed E-state index contributed by atoms with van der Waals surface area (Å²) in [6.45, 7) is 0.00765. The van der Waals surface area contributed by atoms with Gasteiger partial charge in [-0.25, -0.2) is 4.79 Å². The largest absolute Gasteiger partial charge is 1.00 e. The summed E-state index contributed by atoms with van der Waals surface area (Å²) in [4.78, 5) is 12.3. The lowest BCUT2D eigenvalue weighted by atomic mass is 10.4.